The Bertz CT molecular complexity index is 423. The van der Waals surface area contributed by atoms with Gasteiger partial charge in [0.2, 0.25) is 0 Å². The van der Waals surface area contributed by atoms with Gasteiger partial charge >= 0.3 is 11.9 Å². The van der Waals surface area contributed by atoms with E-state index in [4.69, 9.17) is 10.2 Å². The molecule has 0 fully saturated rings. The summed E-state index contributed by atoms with van der Waals surface area (Å²) in [6.45, 7) is 1.58. The highest BCUT2D eigenvalue weighted by Crippen LogP contribution is 2.13. The van der Waals surface area contributed by atoms with Crippen LogP contribution in [-0.2, 0) is 4.84 Å². The molecule has 0 aliphatic carbocycles. The lowest BCUT2D eigenvalue weighted by Crippen LogP contribution is -1.93. The molecule has 1 aromatic carbocycles. The van der Waals surface area contributed by atoms with E-state index in [2.05, 4.69) is 15.2 Å². The molecular weight excluding hydrogens is 212 g/mol. The minimum atomic E-state index is -1.01. The summed E-state index contributed by atoms with van der Waals surface area (Å²) in [5.74, 6) is -1.36. The van der Waals surface area contributed by atoms with Gasteiger partial charge in [-0.2, -0.15) is 0 Å². The lowest BCUT2D eigenvalue weighted by Gasteiger charge is -1.95. The molecule has 2 N–H and O–H groups in total. The fourth-order valence-corrected chi connectivity index (χ4v) is 0.833. The van der Waals surface area contributed by atoms with Gasteiger partial charge in [-0.05, 0) is 37.3 Å². The molecule has 0 aliphatic rings. The average Bonchev–Trinajstić information content (AvgIpc) is 2.29. The number of hydrogen-bond donors (Lipinski definition) is 2. The van der Waals surface area contributed by atoms with Crippen molar-refractivity contribution in [2.24, 2.45) is 10.4 Å². The van der Waals surface area contributed by atoms with Crippen molar-refractivity contribution in [1.82, 2.24) is 0 Å². The molecule has 84 valence electrons. The lowest BCUT2D eigenvalue weighted by atomic mass is 10.2. The molecular formula is C10H10N2O4. The van der Waals surface area contributed by atoms with Crippen LogP contribution in [0, 0.1) is 0 Å². The van der Waals surface area contributed by atoms with E-state index in [-0.39, 0.29) is 11.5 Å². The van der Waals surface area contributed by atoms with Crippen molar-refractivity contribution in [3.8, 4) is 0 Å². The Morgan fingerprint density at radius 1 is 1.31 bits per heavy atom. The summed E-state index contributed by atoms with van der Waals surface area (Å²) in [7, 11) is 0. The number of aliphatic hydroxyl groups excluding tert-OH is 1. The van der Waals surface area contributed by atoms with Crippen LogP contribution in [0.25, 0.3) is 0 Å². The van der Waals surface area contributed by atoms with Crippen molar-refractivity contribution in [3.63, 3.8) is 0 Å². The number of aliphatic hydroxyl groups is 1. The highest BCUT2D eigenvalue weighted by Gasteiger charge is 2.00. The van der Waals surface area contributed by atoms with E-state index in [9.17, 15) is 4.79 Å². The Morgan fingerprint density at radius 2 is 1.94 bits per heavy atom. The quantitative estimate of drug-likeness (QED) is 0.465. The van der Waals surface area contributed by atoms with Gasteiger partial charge in [0.15, 0.2) is 0 Å². The van der Waals surface area contributed by atoms with Gasteiger partial charge in [0.1, 0.15) is 0 Å². The maximum atomic E-state index is 10.5. The zero-order chi connectivity index (χ0) is 12.0. The molecule has 0 radical (unpaired) electrons. The number of carbonyl (C=O) groups is 1. The van der Waals surface area contributed by atoms with E-state index < -0.39 is 5.97 Å². The molecule has 0 spiro atoms. The van der Waals surface area contributed by atoms with Gasteiger partial charge in [-0.15, -0.1) is 5.11 Å². The van der Waals surface area contributed by atoms with Gasteiger partial charge in [-0.1, -0.05) is 0 Å². The first-order valence-corrected chi connectivity index (χ1v) is 4.40. The van der Waals surface area contributed by atoms with Crippen molar-refractivity contribution in [3.05, 3.63) is 41.9 Å². The highest BCUT2D eigenvalue weighted by molar-refractivity contribution is 5.87. The van der Waals surface area contributed by atoms with Crippen molar-refractivity contribution in [2.75, 3.05) is 0 Å². The fraction of sp³-hybridized carbons (Fsp3) is 0.100. The SMILES string of the molecule is C/C=C(/O)O/N=N/c1ccc(C(=O)O)cc1. The topological polar surface area (TPSA) is 91.5 Å². The Kier molecular flexibility index (Phi) is 4.02. The van der Waals surface area contributed by atoms with Crippen molar-refractivity contribution >= 4 is 11.7 Å². The molecule has 6 heteroatoms. The third-order valence-electron chi connectivity index (χ3n) is 1.65. The van der Waals surface area contributed by atoms with Gasteiger partial charge in [0.05, 0.1) is 11.3 Å². The number of hydrogen-bond acceptors (Lipinski definition) is 5. The Balaban J connectivity index is 2.65. The normalized spacial score (nSPS) is 11.7. The van der Waals surface area contributed by atoms with Gasteiger partial charge in [0.25, 0.3) is 0 Å². The van der Waals surface area contributed by atoms with E-state index in [1.54, 1.807) is 6.92 Å². The van der Waals surface area contributed by atoms with Gasteiger partial charge in [-0.3, -0.25) is 0 Å². The molecule has 6 nitrogen and oxygen atoms in total. The number of aromatic carboxylic acids is 1. The van der Waals surface area contributed by atoms with Crippen molar-refractivity contribution < 1.29 is 19.8 Å². The zero-order valence-electron chi connectivity index (χ0n) is 8.49. The summed E-state index contributed by atoms with van der Waals surface area (Å²) in [6.07, 6.45) is 1.31. The van der Waals surface area contributed by atoms with Crippen LogP contribution in [0.1, 0.15) is 17.3 Å². The van der Waals surface area contributed by atoms with Crippen LogP contribution in [-0.4, -0.2) is 16.2 Å². The number of carboxylic acids is 1. The Labute approximate surface area is 91.5 Å². The van der Waals surface area contributed by atoms with Gasteiger partial charge < -0.3 is 15.1 Å². The molecule has 1 rings (SSSR count). The number of rotatable bonds is 4. The van der Waals surface area contributed by atoms with Crippen LogP contribution in [0.3, 0.4) is 0 Å². The van der Waals surface area contributed by atoms with Crippen molar-refractivity contribution in [1.29, 1.82) is 0 Å². The summed E-state index contributed by atoms with van der Waals surface area (Å²) in [5.41, 5.74) is 0.588. The third-order valence-corrected chi connectivity index (χ3v) is 1.65. The predicted molar refractivity (Wildman–Crippen MR) is 55.4 cm³/mol. The van der Waals surface area contributed by atoms with Crippen LogP contribution in [0.5, 0.6) is 0 Å². The minimum Gasteiger partial charge on any atom is -0.480 e. The standard InChI is InChI=1S/C10H10N2O4/c1-2-9(13)16-12-11-8-5-3-7(4-6-8)10(14)15/h2-6,13H,1H3,(H,14,15)/b9-2-,12-11+. The summed E-state index contributed by atoms with van der Waals surface area (Å²) in [6, 6.07) is 5.74. The van der Waals surface area contributed by atoms with E-state index in [0.717, 1.165) is 0 Å². The summed E-state index contributed by atoms with van der Waals surface area (Å²) in [5, 5.41) is 24.3. The van der Waals surface area contributed by atoms with Crippen LogP contribution in [0.4, 0.5) is 5.69 Å². The first-order valence-electron chi connectivity index (χ1n) is 4.40. The minimum absolute atomic E-state index is 0.163. The monoisotopic (exact) mass is 222 g/mol. The zero-order valence-corrected chi connectivity index (χ0v) is 8.49. The second kappa shape index (κ2) is 5.50. The van der Waals surface area contributed by atoms with Crippen molar-refractivity contribution in [2.45, 2.75) is 6.92 Å². The van der Waals surface area contributed by atoms with Gasteiger partial charge in [-0.25, -0.2) is 4.79 Å². The highest BCUT2D eigenvalue weighted by atomic mass is 16.7. The van der Waals surface area contributed by atoms with Crippen LogP contribution >= 0.6 is 0 Å². The first-order chi connectivity index (χ1) is 7.63. The smallest absolute Gasteiger partial charge is 0.335 e. The maximum Gasteiger partial charge on any atom is 0.335 e. The van der Waals surface area contributed by atoms with Crippen LogP contribution in [0.15, 0.2) is 46.7 Å². The molecule has 0 atom stereocenters. The molecule has 0 unspecified atom stereocenters. The molecule has 0 aromatic heterocycles. The number of nitrogens with zero attached hydrogens (tertiary/aromatic N) is 2. The Hall–Kier alpha value is -2.37. The maximum absolute atomic E-state index is 10.5. The average molecular weight is 222 g/mol. The number of allylic oxidation sites excluding steroid dienone is 1. The summed E-state index contributed by atoms with van der Waals surface area (Å²) < 4.78 is 0. The number of benzene rings is 1. The predicted octanol–water partition coefficient (Wildman–Crippen LogP) is 2.82. The fourth-order valence-electron chi connectivity index (χ4n) is 0.833. The first kappa shape index (κ1) is 11.7. The van der Waals surface area contributed by atoms with E-state index in [0.29, 0.717) is 5.69 Å². The van der Waals surface area contributed by atoms with Crippen LogP contribution < -0.4 is 0 Å². The third kappa shape index (κ3) is 3.41. The van der Waals surface area contributed by atoms with E-state index >= 15 is 0 Å². The molecule has 16 heavy (non-hydrogen) atoms. The summed E-state index contributed by atoms with van der Waals surface area (Å²) >= 11 is 0. The van der Waals surface area contributed by atoms with Crippen LogP contribution in [0.2, 0.25) is 0 Å². The van der Waals surface area contributed by atoms with E-state index in [1.165, 1.54) is 30.3 Å². The lowest BCUT2D eigenvalue weighted by molar-refractivity contribution is 0.0697. The molecule has 0 bridgehead atoms. The van der Waals surface area contributed by atoms with Gasteiger partial charge in [0, 0.05) is 5.28 Å². The van der Waals surface area contributed by atoms with E-state index in [1.807, 2.05) is 0 Å². The molecule has 0 saturated carbocycles. The molecule has 0 saturated heterocycles. The number of carboxylic acid groups (broad SMARTS) is 1. The second-order valence-electron chi connectivity index (χ2n) is 2.75. The largest absolute Gasteiger partial charge is 0.480 e. The molecule has 0 heterocycles. The molecule has 0 aliphatic heterocycles. The molecule has 1 aromatic rings. The second-order valence-corrected chi connectivity index (χ2v) is 2.75. The Morgan fingerprint density at radius 3 is 2.44 bits per heavy atom. The molecule has 0 amide bonds. The summed E-state index contributed by atoms with van der Waals surface area (Å²) in [4.78, 5) is 15.0.